The first-order valence-corrected chi connectivity index (χ1v) is 7.94. The van der Waals surface area contributed by atoms with E-state index in [0.717, 1.165) is 18.2 Å². The molecule has 0 aromatic carbocycles. The van der Waals surface area contributed by atoms with Gasteiger partial charge in [-0.3, -0.25) is 4.79 Å². The highest BCUT2D eigenvalue weighted by Gasteiger charge is 2.17. The van der Waals surface area contributed by atoms with Crippen molar-refractivity contribution in [2.45, 2.75) is 19.6 Å². The monoisotopic (exact) mass is 393 g/mol. The molecular formula is C17H19N3O8. The summed E-state index contributed by atoms with van der Waals surface area (Å²) in [6.07, 6.45) is 2.72. The van der Waals surface area contributed by atoms with Crippen LogP contribution in [0.3, 0.4) is 0 Å². The van der Waals surface area contributed by atoms with Crippen LogP contribution in [0.25, 0.3) is 0 Å². The van der Waals surface area contributed by atoms with Gasteiger partial charge in [-0.25, -0.2) is 37.7 Å². The van der Waals surface area contributed by atoms with Gasteiger partial charge in [0.05, 0.1) is 19.6 Å². The number of carbonyl (C=O) groups is 3. The van der Waals surface area contributed by atoms with Crippen molar-refractivity contribution in [1.29, 1.82) is 0 Å². The SMILES string of the molecule is C=CC(=O)Cn1c(=O)n(CCOC(=O)C=C)c(=O)n(CCOC(=O)C=C)c1=O. The van der Waals surface area contributed by atoms with Gasteiger partial charge in [0.15, 0.2) is 5.78 Å². The molecular weight excluding hydrogens is 374 g/mol. The minimum absolute atomic E-state index is 0.348. The normalized spacial score (nSPS) is 10.0. The van der Waals surface area contributed by atoms with Gasteiger partial charge in [-0.15, -0.1) is 0 Å². The lowest BCUT2D eigenvalue weighted by molar-refractivity contribution is -0.138. The van der Waals surface area contributed by atoms with E-state index in [4.69, 9.17) is 9.47 Å². The average Bonchev–Trinajstić information content (AvgIpc) is 2.69. The lowest BCUT2D eigenvalue weighted by Crippen LogP contribution is -2.55. The highest BCUT2D eigenvalue weighted by Crippen LogP contribution is 1.86. The third-order valence-electron chi connectivity index (χ3n) is 3.38. The molecule has 0 spiro atoms. The van der Waals surface area contributed by atoms with Crippen LogP contribution in [-0.4, -0.2) is 44.6 Å². The lowest BCUT2D eigenvalue weighted by Gasteiger charge is -2.13. The summed E-state index contributed by atoms with van der Waals surface area (Å²) < 4.78 is 11.3. The van der Waals surface area contributed by atoms with Crippen LogP contribution in [0.5, 0.6) is 0 Å². The topological polar surface area (TPSA) is 136 Å². The van der Waals surface area contributed by atoms with Crippen LogP contribution in [0.1, 0.15) is 0 Å². The number of hydrogen-bond acceptors (Lipinski definition) is 8. The largest absolute Gasteiger partial charge is 0.461 e. The van der Waals surface area contributed by atoms with Gasteiger partial charge in [-0.1, -0.05) is 19.7 Å². The van der Waals surface area contributed by atoms with Gasteiger partial charge in [0.25, 0.3) is 0 Å². The molecule has 0 N–H and O–H groups in total. The predicted octanol–water partition coefficient (Wildman–Crippen LogP) is -1.61. The molecule has 150 valence electrons. The number of esters is 2. The molecule has 0 aliphatic rings. The fourth-order valence-electron chi connectivity index (χ4n) is 2.01. The van der Waals surface area contributed by atoms with Gasteiger partial charge in [-0.05, 0) is 6.08 Å². The standard InChI is InChI=1S/C17H19N3O8/c1-4-12(21)11-20-16(25)18(7-9-27-13(22)5-2)15(24)19(17(20)26)8-10-28-14(23)6-3/h4-6H,1-3,7-11H2. The Hall–Kier alpha value is -3.76. The zero-order valence-corrected chi connectivity index (χ0v) is 15.0. The Bertz CT molecular complexity index is 915. The van der Waals surface area contributed by atoms with Gasteiger partial charge >= 0.3 is 29.0 Å². The number of ether oxygens (including phenoxy) is 2. The highest BCUT2D eigenvalue weighted by molar-refractivity contribution is 5.88. The highest BCUT2D eigenvalue weighted by atomic mass is 16.5. The molecule has 0 saturated heterocycles. The van der Waals surface area contributed by atoms with E-state index in [1.165, 1.54) is 0 Å². The maximum Gasteiger partial charge on any atom is 0.336 e. The molecule has 11 nitrogen and oxygen atoms in total. The van der Waals surface area contributed by atoms with Crippen LogP contribution in [0, 0.1) is 0 Å². The number of carbonyl (C=O) groups excluding carboxylic acids is 3. The molecule has 1 heterocycles. The fraction of sp³-hybridized carbons (Fsp3) is 0.294. The minimum Gasteiger partial charge on any atom is -0.461 e. The molecule has 0 aliphatic carbocycles. The first-order chi connectivity index (χ1) is 13.3. The van der Waals surface area contributed by atoms with E-state index >= 15 is 0 Å². The summed E-state index contributed by atoms with van der Waals surface area (Å²) in [5.74, 6) is -2.16. The van der Waals surface area contributed by atoms with Gasteiger partial charge < -0.3 is 9.47 Å². The predicted molar refractivity (Wildman–Crippen MR) is 96.7 cm³/mol. The van der Waals surface area contributed by atoms with E-state index in [0.29, 0.717) is 13.7 Å². The molecule has 28 heavy (non-hydrogen) atoms. The number of allylic oxidation sites excluding steroid dienone is 1. The quantitative estimate of drug-likeness (QED) is 0.323. The van der Waals surface area contributed by atoms with E-state index < -0.39 is 41.3 Å². The van der Waals surface area contributed by atoms with Crippen LogP contribution >= 0.6 is 0 Å². The molecule has 11 heteroatoms. The molecule has 0 amide bonds. The zero-order chi connectivity index (χ0) is 21.3. The van der Waals surface area contributed by atoms with Crippen molar-refractivity contribution < 1.29 is 23.9 Å². The smallest absolute Gasteiger partial charge is 0.336 e. The van der Waals surface area contributed by atoms with Crippen molar-refractivity contribution in [2.75, 3.05) is 13.2 Å². The Balaban J connectivity index is 3.33. The third-order valence-corrected chi connectivity index (χ3v) is 3.38. The maximum atomic E-state index is 12.5. The van der Waals surface area contributed by atoms with Gasteiger partial charge in [0, 0.05) is 12.2 Å². The molecule has 0 fully saturated rings. The Kier molecular flexibility index (Phi) is 8.28. The van der Waals surface area contributed by atoms with Gasteiger partial charge in [0.1, 0.15) is 13.2 Å². The summed E-state index contributed by atoms with van der Waals surface area (Å²) in [6, 6.07) is 0. The van der Waals surface area contributed by atoms with E-state index in [1.54, 1.807) is 0 Å². The van der Waals surface area contributed by atoms with Crippen LogP contribution in [-0.2, 0) is 43.5 Å². The number of hydrogen-bond donors (Lipinski definition) is 0. The molecule has 0 aliphatic heterocycles. The molecule has 1 aromatic rings. The van der Waals surface area contributed by atoms with Crippen molar-refractivity contribution in [3.05, 3.63) is 69.4 Å². The van der Waals surface area contributed by atoms with Crippen molar-refractivity contribution in [1.82, 2.24) is 13.7 Å². The second-order valence-electron chi connectivity index (χ2n) is 5.15. The molecule has 0 unspecified atom stereocenters. The number of nitrogens with zero attached hydrogens (tertiary/aromatic N) is 3. The molecule has 0 bridgehead atoms. The molecule has 1 rings (SSSR count). The number of ketones is 1. The summed E-state index contributed by atoms with van der Waals surface area (Å²) >= 11 is 0. The zero-order valence-electron chi connectivity index (χ0n) is 15.0. The van der Waals surface area contributed by atoms with Gasteiger partial charge in [0.2, 0.25) is 0 Å². The first kappa shape index (κ1) is 22.3. The summed E-state index contributed by atoms with van der Waals surface area (Å²) in [5, 5.41) is 0. The number of aromatic nitrogens is 3. The Labute approximate surface area is 158 Å². The van der Waals surface area contributed by atoms with E-state index in [-0.39, 0.29) is 26.3 Å². The molecule has 0 saturated carbocycles. The summed E-state index contributed by atoms with van der Waals surface area (Å²) in [7, 11) is 0. The minimum atomic E-state index is -1.06. The fourth-order valence-corrected chi connectivity index (χ4v) is 2.01. The Morgan fingerprint density at radius 3 is 1.46 bits per heavy atom. The maximum absolute atomic E-state index is 12.5. The Morgan fingerprint density at radius 2 is 1.11 bits per heavy atom. The number of rotatable bonds is 11. The summed E-state index contributed by atoms with van der Waals surface area (Å²) in [4.78, 5) is 71.2. The molecule has 1 aromatic heterocycles. The lowest BCUT2D eigenvalue weighted by atomic mass is 10.4. The second kappa shape index (κ2) is 10.4. The van der Waals surface area contributed by atoms with E-state index in [1.807, 2.05) is 0 Å². The van der Waals surface area contributed by atoms with Gasteiger partial charge in [-0.2, -0.15) is 0 Å². The van der Waals surface area contributed by atoms with Crippen molar-refractivity contribution >= 4 is 17.7 Å². The second-order valence-corrected chi connectivity index (χ2v) is 5.15. The van der Waals surface area contributed by atoms with Crippen molar-refractivity contribution in [3.8, 4) is 0 Å². The molecule has 0 radical (unpaired) electrons. The third kappa shape index (κ3) is 5.62. The van der Waals surface area contributed by atoms with Crippen LogP contribution < -0.4 is 17.1 Å². The van der Waals surface area contributed by atoms with Crippen molar-refractivity contribution in [2.24, 2.45) is 0 Å². The average molecular weight is 393 g/mol. The van der Waals surface area contributed by atoms with Crippen LogP contribution in [0.15, 0.2) is 52.3 Å². The Morgan fingerprint density at radius 1 is 0.714 bits per heavy atom. The first-order valence-electron chi connectivity index (χ1n) is 7.94. The summed E-state index contributed by atoms with van der Waals surface area (Å²) in [6.45, 7) is 7.60. The van der Waals surface area contributed by atoms with E-state index in [2.05, 4.69) is 19.7 Å². The summed E-state index contributed by atoms with van der Waals surface area (Å²) in [5.41, 5.74) is -3.13. The van der Waals surface area contributed by atoms with Crippen LogP contribution in [0.4, 0.5) is 0 Å². The molecule has 0 atom stereocenters. The van der Waals surface area contributed by atoms with Crippen LogP contribution in [0.2, 0.25) is 0 Å². The van der Waals surface area contributed by atoms with Crippen molar-refractivity contribution in [3.63, 3.8) is 0 Å². The van der Waals surface area contributed by atoms with E-state index in [9.17, 15) is 28.8 Å².